The fourth-order valence-electron chi connectivity index (χ4n) is 0. The molecule has 0 N–H and O–H groups in total. The summed E-state index contributed by atoms with van der Waals surface area (Å²) in [5.74, 6) is 0. The first-order valence-electron chi connectivity index (χ1n) is 2.39. The Morgan fingerprint density at radius 3 is 1.00 bits per heavy atom. The first-order valence-corrected chi connectivity index (χ1v) is 3.90. The lowest BCUT2D eigenvalue weighted by molar-refractivity contribution is 0.0241. The van der Waals surface area contributed by atoms with Gasteiger partial charge in [0.15, 0.2) is 0 Å². The lowest BCUT2D eigenvalue weighted by atomic mass is 10.8. The van der Waals surface area contributed by atoms with E-state index in [2.05, 4.69) is 46.4 Å². The van der Waals surface area contributed by atoms with Gasteiger partial charge in [0.05, 0.1) is 0 Å². The van der Waals surface area contributed by atoms with Crippen molar-refractivity contribution in [2.45, 2.75) is 9.97 Å². The molecule has 0 unspecified atom stereocenters. The summed E-state index contributed by atoms with van der Waals surface area (Å²) < 4.78 is 62.3. The number of alkyl halides is 6. The van der Waals surface area contributed by atoms with E-state index in [1.807, 2.05) is 0 Å². The summed E-state index contributed by atoms with van der Waals surface area (Å²) in [5, 5.41) is -6.16. The highest BCUT2D eigenvalue weighted by Gasteiger charge is 2.51. The van der Waals surface area contributed by atoms with Gasteiger partial charge in [-0.3, -0.25) is 0 Å². The molecular formula is C4Cl4F6. The Labute approximate surface area is 94.4 Å². The van der Waals surface area contributed by atoms with Gasteiger partial charge in [0, 0.05) is 0 Å². The topological polar surface area (TPSA) is 0 Å². The van der Waals surface area contributed by atoms with Gasteiger partial charge in [-0.25, -0.2) is 0 Å². The molecule has 0 heterocycles. The number of halogens is 10. The molecule has 0 amide bonds. The van der Waals surface area contributed by atoms with E-state index in [4.69, 9.17) is 0 Å². The van der Waals surface area contributed by atoms with Gasteiger partial charge in [-0.1, -0.05) is 23.2 Å². The van der Waals surface area contributed by atoms with Crippen LogP contribution in [0.25, 0.3) is 0 Å². The van der Waals surface area contributed by atoms with Crippen LogP contribution in [-0.2, 0) is 0 Å². The zero-order chi connectivity index (χ0) is 12.2. The van der Waals surface area contributed by atoms with Crippen LogP contribution in [-0.4, -0.2) is 9.97 Å². The van der Waals surface area contributed by atoms with E-state index in [1.165, 1.54) is 0 Å². The molecule has 14 heavy (non-hydrogen) atoms. The van der Waals surface area contributed by atoms with Gasteiger partial charge < -0.3 is 0 Å². The molecule has 0 saturated heterocycles. The molecule has 0 aliphatic carbocycles. The second-order valence-corrected chi connectivity index (χ2v) is 3.56. The van der Waals surface area contributed by atoms with Crippen LogP contribution in [0.4, 0.5) is 26.3 Å². The Bertz CT molecular complexity index is 173. The predicted octanol–water partition coefficient (Wildman–Crippen LogP) is 5.18. The van der Waals surface area contributed by atoms with Gasteiger partial charge in [0.1, 0.15) is 0 Å². The lowest BCUT2D eigenvalue weighted by Crippen LogP contribution is -2.27. The molecule has 0 aromatic carbocycles. The average molecular weight is 304 g/mol. The van der Waals surface area contributed by atoms with E-state index in [-0.39, 0.29) is 0 Å². The maximum atomic E-state index is 11.5. The summed E-state index contributed by atoms with van der Waals surface area (Å²) >= 11 is 16.6. The van der Waals surface area contributed by atoms with Crippen molar-refractivity contribution in [3.05, 3.63) is 11.4 Å². The Balaban J connectivity index is 0. The van der Waals surface area contributed by atoms with Gasteiger partial charge >= 0.3 is 16.0 Å². The fraction of sp³-hybridized carbons (Fsp3) is 0.500. The zero-order valence-corrected chi connectivity index (χ0v) is 8.80. The van der Waals surface area contributed by atoms with Gasteiger partial charge in [-0.15, -0.1) is 0 Å². The van der Waals surface area contributed by atoms with Crippen LogP contribution in [0, 0.1) is 0 Å². The molecule has 0 aliphatic heterocycles. The van der Waals surface area contributed by atoms with Gasteiger partial charge in [-0.05, 0) is 23.2 Å². The highest BCUT2D eigenvalue weighted by atomic mass is 35.5. The molecule has 86 valence electrons. The normalized spacial score (nSPS) is 11.6. The minimum atomic E-state index is -4.23. The van der Waals surface area contributed by atoms with Crippen molar-refractivity contribution in [2.75, 3.05) is 0 Å². The third kappa shape index (κ3) is 9.05. The largest absolute Gasteiger partial charge is 0.383 e. The van der Waals surface area contributed by atoms with Crippen molar-refractivity contribution in [3.63, 3.8) is 0 Å². The minimum absolute atomic E-state index is 1.94. The van der Waals surface area contributed by atoms with Crippen LogP contribution in [0.3, 0.4) is 0 Å². The Morgan fingerprint density at radius 1 is 0.857 bits per heavy atom. The van der Waals surface area contributed by atoms with Crippen molar-refractivity contribution < 1.29 is 26.3 Å². The van der Waals surface area contributed by atoms with Crippen molar-refractivity contribution in [2.24, 2.45) is 0 Å². The molecule has 0 saturated carbocycles. The van der Waals surface area contributed by atoms with Gasteiger partial charge in [-0.2, -0.15) is 26.3 Å². The predicted molar refractivity (Wildman–Crippen MR) is 42.5 cm³/mol. The summed E-state index contributed by atoms with van der Waals surface area (Å²) in [6.45, 7) is 0. The highest BCUT2D eigenvalue weighted by molar-refractivity contribution is 6.51. The molecule has 0 aromatic rings. The van der Waals surface area contributed by atoms with Crippen LogP contribution in [0.15, 0.2) is 11.4 Å². The first-order chi connectivity index (χ1) is 5.89. The van der Waals surface area contributed by atoms with E-state index in [0.29, 0.717) is 0 Å². The monoisotopic (exact) mass is 302 g/mol. The smallest absolute Gasteiger partial charge is 0.199 e. The molecule has 10 heteroatoms. The fourth-order valence-corrected chi connectivity index (χ4v) is 0. The molecule has 0 rings (SSSR count). The SMILES string of the molecule is FC(F)(Cl)C(F)(Cl)Cl.FC(F)=C(F)Cl. The standard InChI is InChI=1S/C2Cl3F3.C2ClF3/c3-1(4,6)2(5,7)8;3-1(4)2(5)6. The Morgan fingerprint density at radius 2 is 1.00 bits per heavy atom. The molecule has 0 aliphatic rings. The summed E-state index contributed by atoms with van der Waals surface area (Å²) in [6, 6.07) is 0. The molecule has 0 bridgehead atoms. The van der Waals surface area contributed by atoms with Crippen molar-refractivity contribution in [1.29, 1.82) is 0 Å². The van der Waals surface area contributed by atoms with Crippen molar-refractivity contribution in [3.8, 4) is 0 Å². The van der Waals surface area contributed by atoms with E-state index in [0.717, 1.165) is 0 Å². The lowest BCUT2D eigenvalue weighted by Gasteiger charge is -2.13. The molecule has 0 radical (unpaired) electrons. The van der Waals surface area contributed by atoms with E-state index in [1.54, 1.807) is 0 Å². The Kier molecular flexibility index (Phi) is 7.42. The number of hydrogen-bond donors (Lipinski definition) is 0. The van der Waals surface area contributed by atoms with Crippen LogP contribution < -0.4 is 0 Å². The first kappa shape index (κ1) is 16.9. The maximum absolute atomic E-state index is 11.5. The maximum Gasteiger partial charge on any atom is 0.383 e. The van der Waals surface area contributed by atoms with Crippen molar-refractivity contribution >= 4 is 46.4 Å². The quantitative estimate of drug-likeness (QED) is 0.462. The average Bonchev–Trinajstić information content (AvgIpc) is 1.83. The second-order valence-electron chi connectivity index (χ2n) is 1.52. The van der Waals surface area contributed by atoms with Crippen LogP contribution in [0.2, 0.25) is 0 Å². The van der Waals surface area contributed by atoms with Crippen LogP contribution in [0.5, 0.6) is 0 Å². The van der Waals surface area contributed by atoms with E-state index >= 15 is 0 Å². The summed E-state index contributed by atoms with van der Waals surface area (Å²) in [4.78, 5) is 0. The Hall–Kier alpha value is 0.480. The third-order valence-electron chi connectivity index (χ3n) is 0.464. The van der Waals surface area contributed by atoms with Crippen molar-refractivity contribution in [1.82, 2.24) is 0 Å². The zero-order valence-electron chi connectivity index (χ0n) is 5.78. The van der Waals surface area contributed by atoms with Gasteiger partial charge in [0.2, 0.25) is 0 Å². The van der Waals surface area contributed by atoms with Crippen LogP contribution >= 0.6 is 46.4 Å². The molecule has 0 atom stereocenters. The molecular weight excluding hydrogens is 304 g/mol. The molecule has 0 nitrogen and oxygen atoms in total. The summed E-state index contributed by atoms with van der Waals surface area (Å²) in [7, 11) is 0. The minimum Gasteiger partial charge on any atom is -0.199 e. The number of hydrogen-bond acceptors (Lipinski definition) is 0. The van der Waals surface area contributed by atoms with E-state index in [9.17, 15) is 26.3 Å². The third-order valence-corrected chi connectivity index (χ3v) is 1.54. The molecule has 0 spiro atoms. The van der Waals surface area contributed by atoms with Gasteiger partial charge in [0.25, 0.3) is 5.29 Å². The van der Waals surface area contributed by atoms with E-state index < -0.39 is 21.3 Å². The summed E-state index contributed by atoms with van der Waals surface area (Å²) in [6.07, 6.45) is -2.48. The molecule has 0 fully saturated rings. The van der Waals surface area contributed by atoms with Crippen LogP contribution in [0.1, 0.15) is 0 Å². The second kappa shape index (κ2) is 6.15. The molecule has 0 aromatic heterocycles. The highest BCUT2D eigenvalue weighted by Crippen LogP contribution is 2.42. The summed E-state index contributed by atoms with van der Waals surface area (Å²) in [5.41, 5.74) is 0. The number of rotatable bonds is 1.